The molecule has 20 heavy (non-hydrogen) atoms. The highest BCUT2D eigenvalue weighted by Crippen LogP contribution is 2.21. The average Bonchev–Trinajstić information content (AvgIpc) is 2.42. The van der Waals surface area contributed by atoms with Crippen LogP contribution in [0.15, 0.2) is 48.5 Å². The molecule has 0 saturated heterocycles. The highest BCUT2D eigenvalue weighted by Gasteiger charge is 2.09. The molecule has 0 aliphatic rings. The van der Waals surface area contributed by atoms with Gasteiger partial charge in [-0.25, -0.2) is 4.39 Å². The number of phenols is 1. The first-order valence-electron chi connectivity index (χ1n) is 5.72. The third kappa shape index (κ3) is 3.52. The molecule has 0 atom stereocenters. The Hall–Kier alpha value is -2.47. The van der Waals surface area contributed by atoms with Gasteiger partial charge in [-0.2, -0.15) is 0 Å². The molecule has 0 aliphatic heterocycles. The molecule has 6 heteroatoms. The zero-order chi connectivity index (χ0) is 14.5. The zero-order valence-electron chi connectivity index (χ0n) is 10.3. The summed E-state index contributed by atoms with van der Waals surface area (Å²) in [4.78, 5) is 11.8. The molecule has 2 rings (SSSR count). The van der Waals surface area contributed by atoms with Crippen molar-refractivity contribution >= 4 is 28.9 Å². The molecule has 0 unspecified atom stereocenters. The minimum atomic E-state index is -0.460. The molecule has 0 radical (unpaired) electrons. The summed E-state index contributed by atoms with van der Waals surface area (Å²) in [6, 6.07) is 11.6. The number of para-hydroxylation sites is 2. The quantitative estimate of drug-likeness (QED) is 0.588. The van der Waals surface area contributed by atoms with Crippen molar-refractivity contribution in [2.24, 2.45) is 0 Å². The largest absolute Gasteiger partial charge is 0.506 e. The Morgan fingerprint density at radius 1 is 1.10 bits per heavy atom. The minimum absolute atomic E-state index is 0.0193. The number of nitrogens with one attached hydrogen (secondary N) is 2. The van der Waals surface area contributed by atoms with Crippen molar-refractivity contribution < 1.29 is 14.3 Å². The lowest BCUT2D eigenvalue weighted by molar-refractivity contribution is 0.0977. The summed E-state index contributed by atoms with van der Waals surface area (Å²) in [5, 5.41) is 14.7. The van der Waals surface area contributed by atoms with Crippen LogP contribution >= 0.6 is 12.2 Å². The molecule has 1 amide bonds. The van der Waals surface area contributed by atoms with Gasteiger partial charge in [-0.1, -0.05) is 12.1 Å². The van der Waals surface area contributed by atoms with E-state index in [1.807, 2.05) is 0 Å². The number of hydrogen-bond acceptors (Lipinski definition) is 3. The Morgan fingerprint density at radius 3 is 2.40 bits per heavy atom. The summed E-state index contributed by atoms with van der Waals surface area (Å²) in [7, 11) is 0. The molecular weight excluding hydrogens is 279 g/mol. The monoisotopic (exact) mass is 290 g/mol. The smallest absolute Gasteiger partial charge is 0.257 e. The topological polar surface area (TPSA) is 61.4 Å². The van der Waals surface area contributed by atoms with Gasteiger partial charge in [-0.15, -0.1) is 0 Å². The lowest BCUT2D eigenvalue weighted by atomic mass is 10.2. The van der Waals surface area contributed by atoms with E-state index in [0.29, 0.717) is 5.69 Å². The number of carbonyl (C=O) groups is 1. The zero-order valence-corrected chi connectivity index (χ0v) is 11.1. The first kappa shape index (κ1) is 14.0. The number of benzene rings is 2. The number of phenolic OH excluding ortho intramolecular Hbond substituents is 1. The molecule has 4 nitrogen and oxygen atoms in total. The fourth-order valence-corrected chi connectivity index (χ4v) is 1.71. The molecule has 0 fully saturated rings. The van der Waals surface area contributed by atoms with Crippen LogP contribution in [0.3, 0.4) is 0 Å². The molecule has 2 aromatic rings. The molecule has 0 bridgehead atoms. The van der Waals surface area contributed by atoms with Gasteiger partial charge in [-0.05, 0) is 48.6 Å². The summed E-state index contributed by atoms with van der Waals surface area (Å²) in [6.45, 7) is 0. The summed E-state index contributed by atoms with van der Waals surface area (Å²) < 4.78 is 12.7. The molecule has 0 aromatic heterocycles. The normalized spacial score (nSPS) is 9.85. The van der Waals surface area contributed by atoms with Crippen LogP contribution in [0.2, 0.25) is 0 Å². The number of anilines is 1. The number of rotatable bonds is 2. The van der Waals surface area contributed by atoms with Crippen LogP contribution < -0.4 is 10.6 Å². The van der Waals surface area contributed by atoms with Crippen LogP contribution in [0.4, 0.5) is 10.1 Å². The van der Waals surface area contributed by atoms with Gasteiger partial charge >= 0.3 is 0 Å². The van der Waals surface area contributed by atoms with Gasteiger partial charge in [0, 0.05) is 5.56 Å². The molecular formula is C14H11FN2O2S. The number of hydrogen-bond donors (Lipinski definition) is 3. The van der Waals surface area contributed by atoms with Gasteiger partial charge < -0.3 is 10.4 Å². The third-order valence-corrected chi connectivity index (χ3v) is 2.69. The summed E-state index contributed by atoms with van der Waals surface area (Å²) in [5.74, 6) is -0.861. The molecule has 3 N–H and O–H groups in total. The number of carbonyl (C=O) groups excluding carboxylic acids is 1. The predicted molar refractivity (Wildman–Crippen MR) is 78.2 cm³/mol. The van der Waals surface area contributed by atoms with E-state index in [4.69, 9.17) is 12.2 Å². The lowest BCUT2D eigenvalue weighted by Crippen LogP contribution is -2.34. The molecule has 0 saturated carbocycles. The van der Waals surface area contributed by atoms with Crippen molar-refractivity contribution in [3.8, 4) is 5.75 Å². The van der Waals surface area contributed by atoms with Crippen LogP contribution in [0.5, 0.6) is 5.75 Å². The summed E-state index contributed by atoms with van der Waals surface area (Å²) in [5.41, 5.74) is 0.671. The maximum atomic E-state index is 12.7. The van der Waals surface area contributed by atoms with E-state index in [9.17, 15) is 14.3 Å². The SMILES string of the molecule is O=C(NC(=S)Nc1ccccc1O)c1ccc(F)cc1. The second-order valence-corrected chi connectivity index (χ2v) is 4.34. The van der Waals surface area contributed by atoms with Gasteiger partial charge in [0.15, 0.2) is 5.11 Å². The second kappa shape index (κ2) is 6.12. The van der Waals surface area contributed by atoms with Crippen molar-refractivity contribution in [2.75, 3.05) is 5.32 Å². The van der Waals surface area contributed by atoms with Gasteiger partial charge in [-0.3, -0.25) is 10.1 Å². The van der Waals surface area contributed by atoms with Crippen molar-refractivity contribution in [1.82, 2.24) is 5.32 Å². The number of aromatic hydroxyl groups is 1. The Kier molecular flexibility index (Phi) is 4.27. The van der Waals surface area contributed by atoms with Crippen LogP contribution in [0.25, 0.3) is 0 Å². The Morgan fingerprint density at radius 2 is 1.75 bits per heavy atom. The van der Waals surface area contributed by atoms with Gasteiger partial charge in [0.25, 0.3) is 5.91 Å². The van der Waals surface area contributed by atoms with E-state index >= 15 is 0 Å². The maximum Gasteiger partial charge on any atom is 0.257 e. The van der Waals surface area contributed by atoms with Gasteiger partial charge in [0.1, 0.15) is 11.6 Å². The van der Waals surface area contributed by atoms with E-state index in [1.165, 1.54) is 30.3 Å². The van der Waals surface area contributed by atoms with Crippen LogP contribution in [0, 0.1) is 5.82 Å². The molecule has 2 aromatic carbocycles. The molecule has 102 valence electrons. The first-order valence-corrected chi connectivity index (χ1v) is 6.13. The summed E-state index contributed by atoms with van der Waals surface area (Å²) >= 11 is 4.97. The van der Waals surface area contributed by atoms with E-state index in [1.54, 1.807) is 18.2 Å². The standard InChI is InChI=1S/C14H11FN2O2S/c15-10-7-5-9(6-8-10)13(19)17-14(20)16-11-3-1-2-4-12(11)18/h1-8,18H,(H2,16,17,19,20). The highest BCUT2D eigenvalue weighted by molar-refractivity contribution is 7.80. The van der Waals surface area contributed by atoms with Crippen molar-refractivity contribution in [3.05, 3.63) is 59.9 Å². The fourth-order valence-electron chi connectivity index (χ4n) is 1.51. The first-order chi connectivity index (χ1) is 9.56. The van der Waals surface area contributed by atoms with Crippen LogP contribution in [0.1, 0.15) is 10.4 Å². The van der Waals surface area contributed by atoms with Gasteiger partial charge in [0.2, 0.25) is 0 Å². The van der Waals surface area contributed by atoms with Crippen molar-refractivity contribution in [3.63, 3.8) is 0 Å². The lowest BCUT2D eigenvalue weighted by Gasteiger charge is -2.10. The molecule has 0 aliphatic carbocycles. The van der Waals surface area contributed by atoms with Gasteiger partial charge in [0.05, 0.1) is 5.69 Å². The maximum absolute atomic E-state index is 12.7. The van der Waals surface area contributed by atoms with E-state index in [2.05, 4.69) is 10.6 Å². The highest BCUT2D eigenvalue weighted by atomic mass is 32.1. The Labute approximate surface area is 120 Å². The fraction of sp³-hybridized carbons (Fsp3) is 0. The number of amides is 1. The Bertz CT molecular complexity index is 644. The van der Waals surface area contributed by atoms with E-state index in [-0.39, 0.29) is 16.4 Å². The molecule has 0 heterocycles. The van der Waals surface area contributed by atoms with Crippen molar-refractivity contribution in [2.45, 2.75) is 0 Å². The average molecular weight is 290 g/mol. The second-order valence-electron chi connectivity index (χ2n) is 3.93. The van der Waals surface area contributed by atoms with E-state index < -0.39 is 11.7 Å². The van der Waals surface area contributed by atoms with Crippen LogP contribution in [-0.2, 0) is 0 Å². The third-order valence-electron chi connectivity index (χ3n) is 2.49. The van der Waals surface area contributed by atoms with Crippen molar-refractivity contribution in [1.29, 1.82) is 0 Å². The Balaban J connectivity index is 2.00. The minimum Gasteiger partial charge on any atom is -0.506 e. The number of halogens is 1. The van der Waals surface area contributed by atoms with E-state index in [0.717, 1.165) is 0 Å². The van der Waals surface area contributed by atoms with Crippen LogP contribution in [-0.4, -0.2) is 16.1 Å². The predicted octanol–water partition coefficient (Wildman–Crippen LogP) is 2.66. The summed E-state index contributed by atoms with van der Waals surface area (Å²) in [6.07, 6.45) is 0. The number of thiocarbonyl (C=S) groups is 1. The molecule has 0 spiro atoms.